The van der Waals surface area contributed by atoms with E-state index in [0.717, 1.165) is 5.56 Å². The largest absolute Gasteiger partial charge is 0.481 e. The highest BCUT2D eigenvalue weighted by Crippen LogP contribution is 2.47. The zero-order valence-electron chi connectivity index (χ0n) is 10.3. The maximum Gasteiger partial charge on any atom is 0.471 e. The number of hydrogen-bond donors (Lipinski definition) is 2. The molecule has 7 heteroatoms. The van der Waals surface area contributed by atoms with Crippen molar-refractivity contribution in [1.82, 2.24) is 5.32 Å². The maximum atomic E-state index is 12.0. The number of amides is 1. The van der Waals surface area contributed by atoms with Crippen LogP contribution in [0.15, 0.2) is 24.3 Å². The highest BCUT2D eigenvalue weighted by atomic mass is 19.4. The number of hydrogen-bond acceptors (Lipinski definition) is 2. The minimum absolute atomic E-state index is 0.0219. The van der Waals surface area contributed by atoms with Crippen LogP contribution in [0.2, 0.25) is 0 Å². The number of halogens is 3. The van der Waals surface area contributed by atoms with Crippen LogP contribution in [0.5, 0.6) is 0 Å². The second-order valence-electron chi connectivity index (χ2n) is 4.71. The standard InChI is InChI=1S/C13H12F3NO3/c14-13(15,16)12(20)17-6-7-1-3-8(4-2-7)9-5-10(9)11(18)19/h1-4,9-10H,5-6H2,(H,17,20)(H,18,19)/t9-,10+/m0/s1. The molecule has 0 bridgehead atoms. The molecule has 0 aliphatic heterocycles. The third-order valence-electron chi connectivity index (χ3n) is 3.23. The first-order valence-corrected chi connectivity index (χ1v) is 5.95. The normalized spacial score (nSPS) is 21.4. The van der Waals surface area contributed by atoms with Gasteiger partial charge in [-0.05, 0) is 23.5 Å². The predicted octanol–water partition coefficient (Wildman–Crippen LogP) is 2.05. The molecule has 0 radical (unpaired) electrons. The third kappa shape index (κ3) is 3.28. The van der Waals surface area contributed by atoms with Gasteiger partial charge in [-0.2, -0.15) is 13.2 Å². The molecule has 1 aromatic carbocycles. The minimum atomic E-state index is -4.89. The molecule has 2 N–H and O–H groups in total. The predicted molar refractivity (Wildman–Crippen MR) is 62.8 cm³/mol. The zero-order valence-corrected chi connectivity index (χ0v) is 10.3. The Morgan fingerprint density at radius 2 is 1.85 bits per heavy atom. The molecule has 1 amide bonds. The number of carbonyl (C=O) groups is 2. The molecule has 0 saturated heterocycles. The molecule has 20 heavy (non-hydrogen) atoms. The van der Waals surface area contributed by atoms with E-state index < -0.39 is 18.1 Å². The van der Waals surface area contributed by atoms with Crippen molar-refractivity contribution < 1.29 is 27.9 Å². The van der Waals surface area contributed by atoms with Gasteiger partial charge in [-0.1, -0.05) is 24.3 Å². The lowest BCUT2D eigenvalue weighted by Crippen LogP contribution is -2.36. The van der Waals surface area contributed by atoms with Crippen molar-refractivity contribution in [2.75, 3.05) is 0 Å². The fraction of sp³-hybridized carbons (Fsp3) is 0.385. The third-order valence-corrected chi connectivity index (χ3v) is 3.23. The Kier molecular flexibility index (Phi) is 3.69. The summed E-state index contributed by atoms with van der Waals surface area (Å²) in [5.74, 6) is -3.21. The van der Waals surface area contributed by atoms with E-state index >= 15 is 0 Å². The highest BCUT2D eigenvalue weighted by molar-refractivity contribution is 5.81. The first-order valence-electron chi connectivity index (χ1n) is 5.95. The van der Waals surface area contributed by atoms with Crippen LogP contribution in [0.4, 0.5) is 13.2 Å². The topological polar surface area (TPSA) is 66.4 Å². The Balaban J connectivity index is 1.90. The quantitative estimate of drug-likeness (QED) is 0.890. The number of alkyl halides is 3. The van der Waals surface area contributed by atoms with Crippen molar-refractivity contribution in [2.45, 2.75) is 25.1 Å². The maximum absolute atomic E-state index is 12.0. The van der Waals surface area contributed by atoms with Crippen LogP contribution in [0.25, 0.3) is 0 Å². The molecule has 0 heterocycles. The number of carboxylic acid groups (broad SMARTS) is 1. The van der Waals surface area contributed by atoms with Crippen molar-refractivity contribution >= 4 is 11.9 Å². The first-order chi connectivity index (χ1) is 9.29. The monoisotopic (exact) mass is 287 g/mol. The summed E-state index contributed by atoms with van der Waals surface area (Å²) in [4.78, 5) is 21.4. The van der Waals surface area contributed by atoms with Crippen LogP contribution in [0.3, 0.4) is 0 Å². The van der Waals surface area contributed by atoms with Gasteiger partial charge in [0, 0.05) is 6.54 Å². The molecule has 1 fully saturated rings. The lowest BCUT2D eigenvalue weighted by atomic mass is 10.1. The molecule has 0 spiro atoms. The molecule has 0 unspecified atom stereocenters. The van der Waals surface area contributed by atoms with Gasteiger partial charge in [-0.25, -0.2) is 0 Å². The average Bonchev–Trinajstić information content (AvgIpc) is 3.15. The van der Waals surface area contributed by atoms with E-state index in [4.69, 9.17) is 5.11 Å². The van der Waals surface area contributed by atoms with Gasteiger partial charge < -0.3 is 10.4 Å². The highest BCUT2D eigenvalue weighted by Gasteiger charge is 2.44. The van der Waals surface area contributed by atoms with Crippen LogP contribution in [-0.4, -0.2) is 23.2 Å². The summed E-state index contributed by atoms with van der Waals surface area (Å²) in [5.41, 5.74) is 1.38. The number of aliphatic carboxylic acids is 1. The molecule has 2 atom stereocenters. The van der Waals surface area contributed by atoms with E-state index in [-0.39, 0.29) is 18.4 Å². The lowest BCUT2D eigenvalue weighted by molar-refractivity contribution is -0.173. The molecule has 108 valence electrons. The Hall–Kier alpha value is -2.05. The van der Waals surface area contributed by atoms with Crippen LogP contribution in [0.1, 0.15) is 23.5 Å². The lowest BCUT2D eigenvalue weighted by Gasteiger charge is -2.08. The van der Waals surface area contributed by atoms with Gasteiger partial charge in [0.2, 0.25) is 0 Å². The molecule has 4 nitrogen and oxygen atoms in total. The van der Waals surface area contributed by atoms with E-state index in [1.54, 1.807) is 29.6 Å². The van der Waals surface area contributed by atoms with Crippen molar-refractivity contribution in [2.24, 2.45) is 5.92 Å². The number of benzene rings is 1. The van der Waals surface area contributed by atoms with E-state index in [0.29, 0.717) is 12.0 Å². The van der Waals surface area contributed by atoms with Crippen molar-refractivity contribution in [3.63, 3.8) is 0 Å². The Bertz CT molecular complexity index is 525. The molecular weight excluding hydrogens is 275 g/mol. The van der Waals surface area contributed by atoms with Crippen molar-refractivity contribution in [1.29, 1.82) is 0 Å². The molecule has 1 aliphatic carbocycles. The van der Waals surface area contributed by atoms with Gasteiger partial charge in [0.05, 0.1) is 5.92 Å². The zero-order chi connectivity index (χ0) is 14.9. The van der Waals surface area contributed by atoms with Crippen LogP contribution in [0, 0.1) is 5.92 Å². The number of rotatable bonds is 4. The van der Waals surface area contributed by atoms with Gasteiger partial charge in [-0.3, -0.25) is 9.59 Å². The van der Waals surface area contributed by atoms with Gasteiger partial charge in [-0.15, -0.1) is 0 Å². The summed E-state index contributed by atoms with van der Waals surface area (Å²) in [5, 5.41) is 10.6. The molecule has 1 aliphatic rings. The van der Waals surface area contributed by atoms with Crippen LogP contribution >= 0.6 is 0 Å². The summed E-state index contributed by atoms with van der Waals surface area (Å²) in [6, 6.07) is 6.54. The molecular formula is C13H12F3NO3. The van der Waals surface area contributed by atoms with Gasteiger partial charge in [0.25, 0.3) is 0 Å². The SMILES string of the molecule is O=C(O)[C@@H]1C[C@H]1c1ccc(CNC(=O)C(F)(F)F)cc1. The molecule has 1 saturated carbocycles. The summed E-state index contributed by atoms with van der Waals surface area (Å²) < 4.78 is 35.9. The second-order valence-corrected chi connectivity index (χ2v) is 4.71. The minimum Gasteiger partial charge on any atom is -0.481 e. The van der Waals surface area contributed by atoms with E-state index in [1.807, 2.05) is 0 Å². The molecule has 1 aromatic rings. The second kappa shape index (κ2) is 5.15. The Morgan fingerprint density at radius 3 is 2.30 bits per heavy atom. The van der Waals surface area contributed by atoms with Crippen molar-refractivity contribution in [3.05, 3.63) is 35.4 Å². The van der Waals surface area contributed by atoms with Crippen molar-refractivity contribution in [3.8, 4) is 0 Å². The van der Waals surface area contributed by atoms with E-state index in [2.05, 4.69) is 0 Å². The summed E-state index contributed by atoms with van der Waals surface area (Å²) in [6.07, 6.45) is -4.30. The number of carboxylic acids is 1. The van der Waals surface area contributed by atoms with Gasteiger partial charge >= 0.3 is 18.1 Å². The average molecular weight is 287 g/mol. The fourth-order valence-electron chi connectivity index (χ4n) is 2.00. The smallest absolute Gasteiger partial charge is 0.471 e. The first kappa shape index (κ1) is 14.4. The molecule has 0 aromatic heterocycles. The summed E-state index contributed by atoms with van der Waals surface area (Å²) in [6.45, 7) is -0.217. The van der Waals surface area contributed by atoms with Gasteiger partial charge in [0.15, 0.2) is 0 Å². The van der Waals surface area contributed by atoms with Crippen LogP contribution in [-0.2, 0) is 16.1 Å². The Labute approximate surface area is 112 Å². The molecule has 2 rings (SSSR count). The van der Waals surface area contributed by atoms with E-state index in [1.165, 1.54) is 0 Å². The summed E-state index contributed by atoms with van der Waals surface area (Å²) >= 11 is 0. The number of carbonyl (C=O) groups excluding carboxylic acids is 1. The Morgan fingerprint density at radius 1 is 1.25 bits per heavy atom. The number of nitrogens with one attached hydrogen (secondary N) is 1. The fourth-order valence-corrected chi connectivity index (χ4v) is 2.00. The van der Waals surface area contributed by atoms with Gasteiger partial charge in [0.1, 0.15) is 0 Å². The van der Waals surface area contributed by atoms with Crippen LogP contribution < -0.4 is 5.32 Å². The summed E-state index contributed by atoms with van der Waals surface area (Å²) in [7, 11) is 0. The van der Waals surface area contributed by atoms with E-state index in [9.17, 15) is 22.8 Å².